The normalized spacial score (nSPS) is 23.8. The van der Waals surface area contributed by atoms with Gasteiger partial charge in [-0.15, -0.1) is 0 Å². The Kier molecular flexibility index (Phi) is 4.33. The van der Waals surface area contributed by atoms with E-state index in [4.69, 9.17) is 9.47 Å². The molecule has 2 aromatic carbocycles. The Hall–Kier alpha value is -2.00. The minimum atomic E-state index is 0.211. The predicted octanol–water partition coefficient (Wildman–Crippen LogP) is 3.95. The van der Waals surface area contributed by atoms with Crippen LogP contribution in [0.3, 0.4) is 0 Å². The van der Waals surface area contributed by atoms with Crippen molar-refractivity contribution in [2.75, 3.05) is 26.2 Å². The highest BCUT2D eigenvalue weighted by Gasteiger charge is 2.32. The Morgan fingerprint density at radius 3 is 2.23 bits per heavy atom. The summed E-state index contributed by atoms with van der Waals surface area (Å²) in [5.41, 5.74) is 3.14. The second-order valence-corrected chi connectivity index (χ2v) is 8.10. The lowest BCUT2D eigenvalue weighted by Gasteiger charge is -2.38. The molecular weight excluding hydrogens is 322 g/mol. The third-order valence-corrected chi connectivity index (χ3v) is 6.34. The van der Waals surface area contributed by atoms with Crippen molar-refractivity contribution in [3.05, 3.63) is 59.7 Å². The summed E-state index contributed by atoms with van der Waals surface area (Å²) in [6.45, 7) is 4.32. The smallest absolute Gasteiger partial charge is 0.161 e. The molecule has 3 nitrogen and oxygen atoms in total. The Bertz CT molecular complexity index is 741. The van der Waals surface area contributed by atoms with Gasteiger partial charge in [0.1, 0.15) is 12.7 Å². The molecule has 0 amide bonds. The lowest BCUT2D eigenvalue weighted by Crippen LogP contribution is -2.44. The van der Waals surface area contributed by atoms with Gasteiger partial charge in [0.15, 0.2) is 11.5 Å². The minimum absolute atomic E-state index is 0.211. The first-order valence-corrected chi connectivity index (χ1v) is 10.0. The van der Waals surface area contributed by atoms with Crippen molar-refractivity contribution in [3.8, 4) is 11.5 Å². The quantitative estimate of drug-likeness (QED) is 0.837. The summed E-state index contributed by atoms with van der Waals surface area (Å²) in [5.74, 6) is 3.21. The number of hydrogen-bond donors (Lipinski definition) is 0. The number of rotatable bonds is 3. The molecule has 1 aliphatic carbocycles. The Labute approximate surface area is 155 Å². The van der Waals surface area contributed by atoms with E-state index in [0.29, 0.717) is 12.5 Å². The molecule has 0 spiro atoms. The van der Waals surface area contributed by atoms with Crippen LogP contribution >= 0.6 is 0 Å². The van der Waals surface area contributed by atoms with Gasteiger partial charge in [-0.05, 0) is 68.0 Å². The number of piperidine rings is 1. The van der Waals surface area contributed by atoms with E-state index in [9.17, 15) is 0 Å². The van der Waals surface area contributed by atoms with Crippen LogP contribution in [0, 0.1) is 11.8 Å². The van der Waals surface area contributed by atoms with Gasteiger partial charge in [0.05, 0.1) is 0 Å². The maximum atomic E-state index is 6.24. The van der Waals surface area contributed by atoms with Crippen molar-refractivity contribution in [1.82, 2.24) is 4.90 Å². The first kappa shape index (κ1) is 16.2. The summed E-state index contributed by atoms with van der Waals surface area (Å²) in [5, 5.41) is 0. The van der Waals surface area contributed by atoms with Crippen molar-refractivity contribution >= 4 is 0 Å². The monoisotopic (exact) mass is 349 g/mol. The van der Waals surface area contributed by atoms with E-state index in [-0.39, 0.29) is 6.10 Å². The lowest BCUT2D eigenvalue weighted by molar-refractivity contribution is 0.0187. The van der Waals surface area contributed by atoms with Gasteiger partial charge in [0, 0.05) is 12.5 Å². The lowest BCUT2D eigenvalue weighted by atomic mass is 9.90. The van der Waals surface area contributed by atoms with Gasteiger partial charge in [0.25, 0.3) is 0 Å². The molecule has 0 radical (unpaired) electrons. The molecule has 5 rings (SSSR count). The van der Waals surface area contributed by atoms with Gasteiger partial charge in [-0.1, -0.05) is 36.4 Å². The van der Waals surface area contributed by atoms with Crippen LogP contribution in [0.4, 0.5) is 0 Å². The van der Waals surface area contributed by atoms with E-state index < -0.39 is 0 Å². The number of likely N-dealkylation sites (tertiary alicyclic amines) is 1. The van der Waals surface area contributed by atoms with Crippen LogP contribution in [0.5, 0.6) is 11.5 Å². The summed E-state index contributed by atoms with van der Waals surface area (Å²) in [6, 6.07) is 17.0. The fraction of sp³-hybridized carbons (Fsp3) is 0.478. The summed E-state index contributed by atoms with van der Waals surface area (Å²) in [6.07, 6.45) is 5.16. The molecule has 2 heterocycles. The maximum Gasteiger partial charge on any atom is 0.161 e. The highest BCUT2D eigenvalue weighted by Crippen LogP contribution is 2.35. The van der Waals surface area contributed by atoms with Gasteiger partial charge >= 0.3 is 0 Å². The molecule has 0 saturated carbocycles. The highest BCUT2D eigenvalue weighted by atomic mass is 16.6. The zero-order valence-electron chi connectivity index (χ0n) is 15.3. The van der Waals surface area contributed by atoms with Crippen LogP contribution in [0.1, 0.15) is 24.0 Å². The SMILES string of the molecule is c1ccc2c(c1)CC(CN1CCC(C3COc4ccccc4O3)CC1)C2. The third-order valence-electron chi connectivity index (χ3n) is 6.34. The maximum absolute atomic E-state index is 6.24. The molecule has 1 saturated heterocycles. The van der Waals surface area contributed by atoms with Crippen LogP contribution in [0.15, 0.2) is 48.5 Å². The number of para-hydroxylation sites is 2. The highest BCUT2D eigenvalue weighted by molar-refractivity contribution is 5.40. The second-order valence-electron chi connectivity index (χ2n) is 8.10. The van der Waals surface area contributed by atoms with Crippen molar-refractivity contribution in [3.63, 3.8) is 0 Å². The average Bonchev–Trinajstić information content (AvgIpc) is 3.10. The molecule has 2 aliphatic heterocycles. The van der Waals surface area contributed by atoms with E-state index in [2.05, 4.69) is 29.2 Å². The summed E-state index contributed by atoms with van der Waals surface area (Å²) >= 11 is 0. The summed E-state index contributed by atoms with van der Waals surface area (Å²) < 4.78 is 12.2. The molecular formula is C23H27NO2. The first-order chi connectivity index (χ1) is 12.8. The molecule has 3 aliphatic rings. The van der Waals surface area contributed by atoms with Gasteiger partial charge in [0.2, 0.25) is 0 Å². The number of hydrogen-bond acceptors (Lipinski definition) is 3. The van der Waals surface area contributed by atoms with Gasteiger partial charge in [-0.3, -0.25) is 0 Å². The minimum Gasteiger partial charge on any atom is -0.486 e. The zero-order valence-corrected chi connectivity index (χ0v) is 15.3. The van der Waals surface area contributed by atoms with Crippen molar-refractivity contribution in [1.29, 1.82) is 0 Å². The van der Waals surface area contributed by atoms with E-state index >= 15 is 0 Å². The van der Waals surface area contributed by atoms with Gasteiger partial charge in [-0.25, -0.2) is 0 Å². The van der Waals surface area contributed by atoms with Crippen molar-refractivity contribution < 1.29 is 9.47 Å². The molecule has 1 fully saturated rings. The molecule has 0 N–H and O–H groups in total. The standard InChI is InChI=1S/C23H27NO2/c1-2-6-20-14-17(13-19(20)5-1)15-24-11-9-18(10-12-24)23-16-25-21-7-3-4-8-22(21)26-23/h1-8,17-18,23H,9-16H2. The number of fused-ring (bicyclic) bond motifs is 2. The van der Waals surface area contributed by atoms with Crippen LogP contribution < -0.4 is 9.47 Å². The largest absolute Gasteiger partial charge is 0.486 e. The predicted molar refractivity (Wildman–Crippen MR) is 103 cm³/mol. The van der Waals surface area contributed by atoms with E-state index in [1.54, 1.807) is 11.1 Å². The van der Waals surface area contributed by atoms with Crippen LogP contribution in [0.2, 0.25) is 0 Å². The summed E-state index contributed by atoms with van der Waals surface area (Å²) in [4.78, 5) is 2.67. The van der Waals surface area contributed by atoms with Crippen molar-refractivity contribution in [2.45, 2.75) is 31.8 Å². The summed E-state index contributed by atoms with van der Waals surface area (Å²) in [7, 11) is 0. The van der Waals surface area contributed by atoms with Crippen LogP contribution in [-0.2, 0) is 12.8 Å². The van der Waals surface area contributed by atoms with E-state index in [1.807, 2.05) is 24.3 Å². The molecule has 2 aromatic rings. The number of ether oxygens (including phenoxy) is 2. The molecule has 1 atom stereocenters. The molecule has 136 valence electrons. The first-order valence-electron chi connectivity index (χ1n) is 10.0. The fourth-order valence-corrected chi connectivity index (χ4v) is 4.92. The van der Waals surface area contributed by atoms with Crippen molar-refractivity contribution in [2.24, 2.45) is 11.8 Å². The van der Waals surface area contributed by atoms with Crippen LogP contribution in [0.25, 0.3) is 0 Å². The topological polar surface area (TPSA) is 21.7 Å². The van der Waals surface area contributed by atoms with E-state index in [1.165, 1.54) is 45.3 Å². The Morgan fingerprint density at radius 2 is 1.50 bits per heavy atom. The Morgan fingerprint density at radius 1 is 0.846 bits per heavy atom. The molecule has 26 heavy (non-hydrogen) atoms. The molecule has 0 bridgehead atoms. The molecule has 3 heteroatoms. The molecule has 0 aromatic heterocycles. The Balaban J connectivity index is 1.13. The van der Waals surface area contributed by atoms with Gasteiger partial charge < -0.3 is 14.4 Å². The second kappa shape index (κ2) is 6.96. The average molecular weight is 349 g/mol. The third kappa shape index (κ3) is 3.21. The zero-order chi connectivity index (χ0) is 17.3. The number of benzene rings is 2. The fourth-order valence-electron chi connectivity index (χ4n) is 4.92. The van der Waals surface area contributed by atoms with Crippen LogP contribution in [-0.4, -0.2) is 37.2 Å². The van der Waals surface area contributed by atoms with Gasteiger partial charge in [-0.2, -0.15) is 0 Å². The van der Waals surface area contributed by atoms with E-state index in [0.717, 1.165) is 17.4 Å². The molecule has 1 unspecified atom stereocenters. The number of nitrogens with zero attached hydrogens (tertiary/aromatic N) is 1.